The van der Waals surface area contributed by atoms with Gasteiger partial charge in [0.15, 0.2) is 0 Å². The van der Waals surface area contributed by atoms with Crippen LogP contribution in [0.5, 0.6) is 5.75 Å². The lowest BCUT2D eigenvalue weighted by Gasteiger charge is -2.30. The minimum absolute atomic E-state index is 0.0469. The number of hydrogen-bond donors (Lipinski definition) is 0. The molecule has 3 nitrogen and oxygen atoms in total. The Morgan fingerprint density at radius 3 is 2.64 bits per heavy atom. The molecule has 4 heteroatoms. The van der Waals surface area contributed by atoms with E-state index in [0.717, 1.165) is 16.9 Å². The number of benzene rings is 2. The van der Waals surface area contributed by atoms with Gasteiger partial charge in [0.2, 0.25) is 0 Å². The largest absolute Gasteiger partial charge is 0.492 e. The van der Waals surface area contributed by atoms with E-state index < -0.39 is 0 Å². The minimum Gasteiger partial charge on any atom is -0.492 e. The molecule has 0 radical (unpaired) electrons. The molecule has 0 fully saturated rings. The van der Waals surface area contributed by atoms with Crippen molar-refractivity contribution in [1.82, 2.24) is 0 Å². The van der Waals surface area contributed by atoms with Crippen LogP contribution in [0, 0.1) is 0 Å². The van der Waals surface area contributed by atoms with Crippen molar-refractivity contribution >= 4 is 21.9 Å². The molecule has 3 atom stereocenters. The van der Waals surface area contributed by atoms with Crippen LogP contribution >= 0.6 is 15.9 Å². The third kappa shape index (κ3) is 3.02. The molecule has 1 aliphatic heterocycles. The number of rotatable bonds is 3. The van der Waals surface area contributed by atoms with Crippen molar-refractivity contribution in [3.63, 3.8) is 0 Å². The van der Waals surface area contributed by atoms with Gasteiger partial charge in [-0.2, -0.15) is 0 Å². The quantitative estimate of drug-likeness (QED) is 0.606. The molecule has 1 unspecified atom stereocenters. The summed E-state index contributed by atoms with van der Waals surface area (Å²) in [5, 5.41) is 0. The van der Waals surface area contributed by atoms with Crippen LogP contribution in [-0.4, -0.2) is 17.4 Å². The molecular formula is C18H17BrO3. The molecule has 0 aliphatic carbocycles. The fourth-order valence-corrected chi connectivity index (χ4v) is 3.07. The lowest BCUT2D eigenvalue weighted by Crippen LogP contribution is -2.30. The Kier molecular flexibility index (Phi) is 4.48. The van der Waals surface area contributed by atoms with Crippen molar-refractivity contribution < 1.29 is 14.3 Å². The van der Waals surface area contributed by atoms with E-state index >= 15 is 0 Å². The van der Waals surface area contributed by atoms with Gasteiger partial charge < -0.3 is 9.47 Å². The molecule has 22 heavy (non-hydrogen) atoms. The summed E-state index contributed by atoms with van der Waals surface area (Å²) in [5.74, 6) is 0.261. The van der Waals surface area contributed by atoms with Crippen molar-refractivity contribution in [3.8, 4) is 5.75 Å². The molecular weight excluding hydrogens is 344 g/mol. The summed E-state index contributed by atoms with van der Waals surface area (Å²) < 4.78 is 11.4. The molecule has 0 N–H and O–H groups in total. The van der Waals surface area contributed by atoms with Crippen LogP contribution in [0.15, 0.2) is 54.6 Å². The molecule has 0 saturated carbocycles. The van der Waals surface area contributed by atoms with Gasteiger partial charge in [-0.15, -0.1) is 0 Å². The van der Waals surface area contributed by atoms with E-state index in [0.29, 0.717) is 6.61 Å². The number of halogens is 1. The smallest absolute Gasteiger partial charge is 0.313 e. The highest BCUT2D eigenvalue weighted by Gasteiger charge is 2.33. The van der Waals surface area contributed by atoms with E-state index in [1.807, 2.05) is 61.5 Å². The lowest BCUT2D eigenvalue weighted by atomic mass is 10.0. The molecule has 0 aromatic heterocycles. The third-order valence-corrected chi connectivity index (χ3v) is 4.59. The first-order valence-electron chi connectivity index (χ1n) is 7.28. The van der Waals surface area contributed by atoms with Crippen LogP contribution in [0.4, 0.5) is 0 Å². The zero-order valence-corrected chi connectivity index (χ0v) is 13.8. The fraction of sp³-hybridized carbons (Fsp3) is 0.278. The maximum absolute atomic E-state index is 12.5. The van der Waals surface area contributed by atoms with Crippen LogP contribution in [0.3, 0.4) is 0 Å². The van der Waals surface area contributed by atoms with Crippen LogP contribution in [-0.2, 0) is 9.53 Å². The molecule has 114 valence electrons. The van der Waals surface area contributed by atoms with E-state index in [1.165, 1.54) is 0 Å². The van der Waals surface area contributed by atoms with Gasteiger partial charge in [-0.1, -0.05) is 64.5 Å². The number of esters is 1. The van der Waals surface area contributed by atoms with Crippen LogP contribution in [0.1, 0.15) is 30.1 Å². The summed E-state index contributed by atoms with van der Waals surface area (Å²) in [6.45, 7) is 2.35. The molecule has 0 saturated heterocycles. The Morgan fingerprint density at radius 1 is 1.18 bits per heavy atom. The topological polar surface area (TPSA) is 35.5 Å². The Bertz CT molecular complexity index is 656. The molecule has 2 aromatic rings. The number of alkyl halides is 1. The number of carbonyl (C=O) groups is 1. The highest BCUT2D eigenvalue weighted by atomic mass is 79.9. The summed E-state index contributed by atoms with van der Waals surface area (Å²) in [6, 6.07) is 17.3. The van der Waals surface area contributed by atoms with Crippen LogP contribution in [0.25, 0.3) is 0 Å². The molecule has 1 heterocycles. The van der Waals surface area contributed by atoms with Gasteiger partial charge in [0.25, 0.3) is 0 Å². The average Bonchev–Trinajstić information content (AvgIpc) is 2.57. The van der Waals surface area contributed by atoms with Crippen molar-refractivity contribution in [2.75, 3.05) is 6.61 Å². The molecule has 0 spiro atoms. The van der Waals surface area contributed by atoms with Gasteiger partial charge in [0.1, 0.15) is 18.5 Å². The maximum atomic E-state index is 12.5. The first kappa shape index (κ1) is 15.1. The van der Waals surface area contributed by atoms with E-state index in [9.17, 15) is 4.79 Å². The van der Waals surface area contributed by atoms with Crippen molar-refractivity contribution in [3.05, 3.63) is 65.7 Å². The molecule has 2 aromatic carbocycles. The highest BCUT2D eigenvalue weighted by molar-refractivity contribution is 9.09. The highest BCUT2D eigenvalue weighted by Crippen LogP contribution is 2.38. The first-order valence-corrected chi connectivity index (χ1v) is 8.19. The van der Waals surface area contributed by atoms with E-state index in [4.69, 9.17) is 9.47 Å². The van der Waals surface area contributed by atoms with Crippen molar-refractivity contribution in [2.45, 2.75) is 23.8 Å². The van der Waals surface area contributed by atoms with E-state index in [-0.39, 0.29) is 22.8 Å². The number of ether oxygens (including phenoxy) is 2. The number of para-hydroxylation sites is 1. The standard InChI is InChI=1S/C18H17BrO3/c1-12(13-7-3-2-4-8-13)18(20)22-17-14-9-5-6-10-16(14)21-11-15(17)19/h2-10,12,15,17H,11H2,1H3/t12-,15-,17?/m1/s1. The van der Waals surface area contributed by atoms with Crippen molar-refractivity contribution in [2.24, 2.45) is 0 Å². The Hall–Kier alpha value is -1.81. The first-order chi connectivity index (χ1) is 10.7. The monoisotopic (exact) mass is 360 g/mol. The van der Waals surface area contributed by atoms with Gasteiger partial charge in [0.05, 0.1) is 10.7 Å². The molecule has 0 bridgehead atoms. The lowest BCUT2D eigenvalue weighted by molar-refractivity contribution is -0.151. The molecule has 3 rings (SSSR count). The van der Waals surface area contributed by atoms with Gasteiger partial charge in [-0.3, -0.25) is 4.79 Å². The third-order valence-electron chi connectivity index (χ3n) is 3.85. The number of fused-ring (bicyclic) bond motifs is 1. The zero-order chi connectivity index (χ0) is 15.5. The number of hydrogen-bond acceptors (Lipinski definition) is 3. The van der Waals surface area contributed by atoms with E-state index in [1.54, 1.807) is 0 Å². The predicted molar refractivity (Wildman–Crippen MR) is 88.3 cm³/mol. The van der Waals surface area contributed by atoms with E-state index in [2.05, 4.69) is 15.9 Å². The normalized spacial score (nSPS) is 21.4. The summed E-state index contributed by atoms with van der Waals surface area (Å²) >= 11 is 3.56. The second-order valence-electron chi connectivity index (χ2n) is 5.35. The Balaban J connectivity index is 1.79. The Morgan fingerprint density at radius 2 is 1.86 bits per heavy atom. The van der Waals surface area contributed by atoms with Gasteiger partial charge in [-0.25, -0.2) is 0 Å². The summed E-state index contributed by atoms with van der Waals surface area (Å²) in [6.07, 6.45) is -0.330. The van der Waals surface area contributed by atoms with Gasteiger partial charge in [0, 0.05) is 5.56 Å². The maximum Gasteiger partial charge on any atom is 0.313 e. The second kappa shape index (κ2) is 6.53. The fourth-order valence-electron chi connectivity index (χ4n) is 2.54. The average molecular weight is 361 g/mol. The minimum atomic E-state index is -0.330. The summed E-state index contributed by atoms with van der Waals surface area (Å²) in [7, 11) is 0. The molecule has 0 amide bonds. The SMILES string of the molecule is C[C@@H](C(=O)OC1c2ccccc2OC[C@H]1Br)c1ccccc1. The summed E-state index contributed by atoms with van der Waals surface area (Å²) in [5.41, 5.74) is 1.86. The Labute approximate surface area is 138 Å². The van der Waals surface area contributed by atoms with Crippen LogP contribution < -0.4 is 4.74 Å². The summed E-state index contributed by atoms with van der Waals surface area (Å²) in [4.78, 5) is 12.4. The van der Waals surface area contributed by atoms with Gasteiger partial charge in [-0.05, 0) is 18.6 Å². The van der Waals surface area contributed by atoms with Gasteiger partial charge >= 0.3 is 5.97 Å². The predicted octanol–water partition coefficient (Wildman–Crippen LogP) is 4.23. The zero-order valence-electron chi connectivity index (χ0n) is 12.2. The van der Waals surface area contributed by atoms with Crippen molar-refractivity contribution in [1.29, 1.82) is 0 Å². The number of carbonyl (C=O) groups excluding carboxylic acids is 1. The molecule has 1 aliphatic rings. The van der Waals surface area contributed by atoms with Crippen LogP contribution in [0.2, 0.25) is 0 Å². The second-order valence-corrected chi connectivity index (χ2v) is 6.53.